The fourth-order valence-corrected chi connectivity index (χ4v) is 3.44. The molecule has 0 amide bonds. The molecule has 1 aliphatic heterocycles. The molecule has 6 heteroatoms. The SMILES string of the molecule is CCn1cc([C@H]2OCCC[C@@H]2NCc2nc(C)cs2)cn1. The van der Waals surface area contributed by atoms with Crippen molar-refractivity contribution in [2.75, 3.05) is 6.61 Å². The number of nitrogens with zero attached hydrogens (tertiary/aromatic N) is 3. The van der Waals surface area contributed by atoms with Gasteiger partial charge in [-0.15, -0.1) is 11.3 Å². The van der Waals surface area contributed by atoms with Crippen LogP contribution in [-0.2, 0) is 17.8 Å². The first-order valence-electron chi connectivity index (χ1n) is 7.54. The molecule has 2 aromatic heterocycles. The fraction of sp³-hybridized carbons (Fsp3) is 0.600. The zero-order valence-electron chi connectivity index (χ0n) is 12.6. The number of aryl methyl sites for hydroxylation is 2. The van der Waals surface area contributed by atoms with Crippen LogP contribution in [0.5, 0.6) is 0 Å². The Hall–Kier alpha value is -1.24. The summed E-state index contributed by atoms with van der Waals surface area (Å²) in [5, 5.41) is 11.2. The van der Waals surface area contributed by atoms with Gasteiger partial charge in [-0.2, -0.15) is 5.10 Å². The van der Waals surface area contributed by atoms with E-state index in [0.717, 1.165) is 43.2 Å². The van der Waals surface area contributed by atoms with Crippen molar-refractivity contribution in [2.24, 2.45) is 0 Å². The molecule has 21 heavy (non-hydrogen) atoms. The molecule has 3 rings (SSSR count). The van der Waals surface area contributed by atoms with E-state index >= 15 is 0 Å². The van der Waals surface area contributed by atoms with Crippen molar-refractivity contribution < 1.29 is 4.74 Å². The first-order valence-corrected chi connectivity index (χ1v) is 8.42. The van der Waals surface area contributed by atoms with Crippen LogP contribution in [0.15, 0.2) is 17.8 Å². The summed E-state index contributed by atoms with van der Waals surface area (Å²) in [5.41, 5.74) is 2.27. The van der Waals surface area contributed by atoms with Crippen LogP contribution in [-0.4, -0.2) is 27.4 Å². The molecule has 0 radical (unpaired) electrons. The Morgan fingerprint density at radius 3 is 3.14 bits per heavy atom. The maximum Gasteiger partial charge on any atom is 0.107 e. The normalized spacial score (nSPS) is 22.6. The quantitative estimate of drug-likeness (QED) is 0.923. The third-order valence-corrected chi connectivity index (χ3v) is 4.78. The van der Waals surface area contributed by atoms with E-state index in [-0.39, 0.29) is 6.10 Å². The van der Waals surface area contributed by atoms with E-state index in [0.29, 0.717) is 6.04 Å². The summed E-state index contributed by atoms with van der Waals surface area (Å²) in [6.45, 7) is 6.66. The first-order chi connectivity index (χ1) is 10.3. The fourth-order valence-electron chi connectivity index (χ4n) is 2.72. The average Bonchev–Trinajstić information content (AvgIpc) is 3.14. The summed E-state index contributed by atoms with van der Waals surface area (Å²) in [7, 11) is 0. The Morgan fingerprint density at radius 2 is 2.43 bits per heavy atom. The number of rotatable bonds is 5. The van der Waals surface area contributed by atoms with Gasteiger partial charge in [0.1, 0.15) is 11.1 Å². The Labute approximate surface area is 129 Å². The van der Waals surface area contributed by atoms with Crippen LogP contribution < -0.4 is 5.32 Å². The van der Waals surface area contributed by atoms with Gasteiger partial charge in [0.25, 0.3) is 0 Å². The van der Waals surface area contributed by atoms with Gasteiger partial charge < -0.3 is 10.1 Å². The van der Waals surface area contributed by atoms with Gasteiger partial charge in [0.2, 0.25) is 0 Å². The lowest BCUT2D eigenvalue weighted by atomic mass is 9.98. The van der Waals surface area contributed by atoms with Crippen LogP contribution in [0, 0.1) is 6.92 Å². The molecule has 0 aromatic carbocycles. The van der Waals surface area contributed by atoms with Gasteiger partial charge in [-0.25, -0.2) is 4.98 Å². The molecule has 0 bridgehead atoms. The van der Waals surface area contributed by atoms with Gasteiger partial charge >= 0.3 is 0 Å². The highest BCUT2D eigenvalue weighted by atomic mass is 32.1. The van der Waals surface area contributed by atoms with Crippen molar-refractivity contribution >= 4 is 11.3 Å². The van der Waals surface area contributed by atoms with Crippen molar-refractivity contribution in [3.8, 4) is 0 Å². The summed E-state index contributed by atoms with van der Waals surface area (Å²) in [6, 6.07) is 0.331. The number of hydrogen-bond donors (Lipinski definition) is 1. The predicted molar refractivity (Wildman–Crippen MR) is 83.3 cm³/mol. The predicted octanol–water partition coefficient (Wildman–Crippen LogP) is 2.68. The molecule has 1 aliphatic rings. The highest BCUT2D eigenvalue weighted by Gasteiger charge is 2.28. The molecule has 2 aromatic rings. The molecule has 0 spiro atoms. The van der Waals surface area contributed by atoms with E-state index in [1.807, 2.05) is 17.8 Å². The van der Waals surface area contributed by atoms with Gasteiger partial charge in [-0.1, -0.05) is 0 Å². The molecule has 3 heterocycles. The third-order valence-electron chi connectivity index (χ3n) is 3.81. The van der Waals surface area contributed by atoms with Gasteiger partial charge in [-0.05, 0) is 26.7 Å². The molecule has 1 saturated heterocycles. The van der Waals surface area contributed by atoms with Gasteiger partial charge in [-0.3, -0.25) is 4.68 Å². The summed E-state index contributed by atoms with van der Waals surface area (Å²) in [6.07, 6.45) is 6.36. The minimum Gasteiger partial charge on any atom is -0.372 e. The topological polar surface area (TPSA) is 52.0 Å². The third kappa shape index (κ3) is 3.51. The number of aromatic nitrogens is 3. The number of hydrogen-bond acceptors (Lipinski definition) is 5. The summed E-state index contributed by atoms with van der Waals surface area (Å²) in [5.74, 6) is 0. The lowest BCUT2D eigenvalue weighted by molar-refractivity contribution is -0.0112. The van der Waals surface area contributed by atoms with Crippen molar-refractivity contribution in [3.63, 3.8) is 0 Å². The summed E-state index contributed by atoms with van der Waals surface area (Å²) >= 11 is 1.71. The van der Waals surface area contributed by atoms with Crippen LogP contribution in [0.4, 0.5) is 0 Å². The minimum absolute atomic E-state index is 0.0973. The van der Waals surface area contributed by atoms with E-state index in [1.54, 1.807) is 11.3 Å². The summed E-state index contributed by atoms with van der Waals surface area (Å²) in [4.78, 5) is 4.51. The van der Waals surface area contributed by atoms with Crippen molar-refractivity contribution in [1.82, 2.24) is 20.1 Å². The van der Waals surface area contributed by atoms with Crippen LogP contribution >= 0.6 is 11.3 Å². The van der Waals surface area contributed by atoms with Crippen LogP contribution in [0.25, 0.3) is 0 Å². The van der Waals surface area contributed by atoms with Crippen molar-refractivity contribution in [2.45, 2.75) is 51.9 Å². The standard InChI is InChI=1S/C15H22N4OS/c1-3-19-9-12(7-17-19)15-13(5-4-6-20-15)16-8-14-18-11(2)10-21-14/h7,9-10,13,15-16H,3-6,8H2,1-2H3/t13-,15+/m0/s1. The second kappa shape index (κ2) is 6.68. The van der Waals surface area contributed by atoms with Gasteiger partial charge in [0.05, 0.1) is 6.20 Å². The molecule has 0 saturated carbocycles. The molecule has 1 N–H and O–H groups in total. The maximum atomic E-state index is 6.00. The lowest BCUT2D eigenvalue weighted by Gasteiger charge is -2.31. The molecular weight excluding hydrogens is 284 g/mol. The van der Waals surface area contributed by atoms with E-state index < -0.39 is 0 Å². The average molecular weight is 306 g/mol. The molecule has 0 aliphatic carbocycles. The number of nitrogens with one attached hydrogen (secondary N) is 1. The van der Waals surface area contributed by atoms with Crippen molar-refractivity contribution in [1.29, 1.82) is 0 Å². The van der Waals surface area contributed by atoms with E-state index in [2.05, 4.69) is 33.9 Å². The van der Waals surface area contributed by atoms with E-state index in [9.17, 15) is 0 Å². The second-order valence-electron chi connectivity index (χ2n) is 5.43. The Kier molecular flexibility index (Phi) is 4.67. The van der Waals surface area contributed by atoms with Gasteiger partial charge in [0, 0.05) is 48.6 Å². The molecule has 2 atom stereocenters. The van der Waals surface area contributed by atoms with Crippen molar-refractivity contribution in [3.05, 3.63) is 34.0 Å². The monoisotopic (exact) mass is 306 g/mol. The highest BCUT2D eigenvalue weighted by Crippen LogP contribution is 2.28. The van der Waals surface area contributed by atoms with E-state index in [1.165, 1.54) is 5.56 Å². The zero-order chi connectivity index (χ0) is 14.7. The Balaban J connectivity index is 1.66. The molecule has 114 valence electrons. The first kappa shape index (κ1) is 14.7. The smallest absolute Gasteiger partial charge is 0.107 e. The molecule has 1 fully saturated rings. The second-order valence-corrected chi connectivity index (χ2v) is 6.38. The maximum absolute atomic E-state index is 6.00. The largest absolute Gasteiger partial charge is 0.372 e. The Morgan fingerprint density at radius 1 is 1.52 bits per heavy atom. The van der Waals surface area contributed by atoms with E-state index in [4.69, 9.17) is 4.74 Å². The number of ether oxygens (including phenoxy) is 1. The molecule has 0 unspecified atom stereocenters. The van der Waals surface area contributed by atoms with Crippen LogP contribution in [0.3, 0.4) is 0 Å². The summed E-state index contributed by atoms with van der Waals surface area (Å²) < 4.78 is 7.95. The lowest BCUT2D eigenvalue weighted by Crippen LogP contribution is -2.39. The highest BCUT2D eigenvalue weighted by molar-refractivity contribution is 7.09. The van der Waals surface area contributed by atoms with Gasteiger partial charge in [0.15, 0.2) is 0 Å². The van der Waals surface area contributed by atoms with Crippen LogP contribution in [0.1, 0.15) is 42.1 Å². The number of thiazole rings is 1. The minimum atomic E-state index is 0.0973. The Bertz CT molecular complexity index is 580. The zero-order valence-corrected chi connectivity index (χ0v) is 13.4. The molecule has 5 nitrogen and oxygen atoms in total. The molecular formula is C15H22N4OS. The van der Waals surface area contributed by atoms with Crippen LogP contribution in [0.2, 0.25) is 0 Å².